The molecule has 1 aliphatic heterocycles. The first-order chi connectivity index (χ1) is 13.5. The fraction of sp³-hybridized carbons (Fsp3) is 0.190. The zero-order valence-corrected chi connectivity index (χ0v) is 15.1. The molecule has 0 radical (unpaired) electrons. The highest BCUT2D eigenvalue weighted by Crippen LogP contribution is 2.33. The minimum absolute atomic E-state index is 0.157. The molecule has 3 aromatic rings. The predicted molar refractivity (Wildman–Crippen MR) is 101 cm³/mol. The lowest BCUT2D eigenvalue weighted by Crippen LogP contribution is -2.46. The van der Waals surface area contributed by atoms with E-state index in [2.05, 4.69) is 5.10 Å². The fourth-order valence-corrected chi connectivity index (χ4v) is 3.55. The largest absolute Gasteiger partial charge is 0.502 e. The quantitative estimate of drug-likeness (QED) is 0.759. The Morgan fingerprint density at radius 1 is 1.11 bits per heavy atom. The van der Waals surface area contributed by atoms with Crippen molar-refractivity contribution >= 4 is 5.91 Å². The number of rotatable bonds is 3. The van der Waals surface area contributed by atoms with Gasteiger partial charge in [0, 0.05) is 6.54 Å². The van der Waals surface area contributed by atoms with Gasteiger partial charge in [-0.3, -0.25) is 9.59 Å². The fourth-order valence-electron chi connectivity index (χ4n) is 3.55. The van der Waals surface area contributed by atoms with Gasteiger partial charge >= 0.3 is 0 Å². The summed E-state index contributed by atoms with van der Waals surface area (Å²) >= 11 is 0. The van der Waals surface area contributed by atoms with Gasteiger partial charge < -0.3 is 10.0 Å². The number of halogens is 1. The van der Waals surface area contributed by atoms with Crippen LogP contribution in [0.1, 0.15) is 40.6 Å². The first kappa shape index (κ1) is 17.9. The highest BCUT2D eigenvalue weighted by Gasteiger charge is 2.37. The van der Waals surface area contributed by atoms with Crippen LogP contribution < -0.4 is 5.43 Å². The second-order valence-corrected chi connectivity index (χ2v) is 6.76. The molecule has 1 aliphatic rings. The van der Waals surface area contributed by atoms with Crippen molar-refractivity contribution in [1.82, 2.24) is 14.7 Å². The maximum absolute atomic E-state index is 13.4. The molecule has 0 saturated carbocycles. The van der Waals surface area contributed by atoms with E-state index in [-0.39, 0.29) is 24.1 Å². The van der Waals surface area contributed by atoms with Gasteiger partial charge in [-0.25, -0.2) is 9.07 Å². The molecule has 2 atom stereocenters. The molecule has 0 aliphatic carbocycles. The molecule has 6 nitrogen and oxygen atoms in total. The monoisotopic (exact) mass is 379 g/mol. The SMILES string of the molecule is C[C@@H](c1ccccc1)N1CC(c2ccc(F)cc2)n2ncc(=O)c(O)c2C1=O. The average molecular weight is 379 g/mol. The van der Waals surface area contributed by atoms with Crippen molar-refractivity contribution < 1.29 is 14.3 Å². The molecule has 1 aromatic heterocycles. The zero-order chi connectivity index (χ0) is 19.8. The topological polar surface area (TPSA) is 75.4 Å². The number of hydrogen-bond donors (Lipinski definition) is 1. The van der Waals surface area contributed by atoms with Gasteiger partial charge in [0.2, 0.25) is 5.43 Å². The molecule has 2 aromatic carbocycles. The van der Waals surface area contributed by atoms with Crippen molar-refractivity contribution in [3.63, 3.8) is 0 Å². The van der Waals surface area contributed by atoms with Gasteiger partial charge in [-0.1, -0.05) is 42.5 Å². The van der Waals surface area contributed by atoms with Crippen molar-refractivity contribution in [1.29, 1.82) is 0 Å². The van der Waals surface area contributed by atoms with Crippen molar-refractivity contribution in [3.05, 3.63) is 93.7 Å². The van der Waals surface area contributed by atoms with Crippen LogP contribution in [0.2, 0.25) is 0 Å². The maximum Gasteiger partial charge on any atom is 0.276 e. The number of hydrogen-bond acceptors (Lipinski definition) is 4. The Bertz CT molecular complexity index is 1080. The van der Waals surface area contributed by atoms with E-state index < -0.39 is 23.1 Å². The number of carbonyl (C=O) groups excluding carboxylic acids is 1. The Labute approximate surface area is 160 Å². The van der Waals surface area contributed by atoms with Crippen LogP contribution >= 0.6 is 0 Å². The Morgan fingerprint density at radius 2 is 1.79 bits per heavy atom. The van der Waals surface area contributed by atoms with E-state index in [0.29, 0.717) is 0 Å². The third kappa shape index (κ3) is 2.94. The van der Waals surface area contributed by atoms with Crippen LogP contribution in [0, 0.1) is 5.82 Å². The highest BCUT2D eigenvalue weighted by molar-refractivity contribution is 5.96. The third-order valence-electron chi connectivity index (χ3n) is 5.12. The molecule has 0 spiro atoms. The molecule has 1 unspecified atom stereocenters. The third-order valence-corrected chi connectivity index (χ3v) is 5.12. The lowest BCUT2D eigenvalue weighted by atomic mass is 9.99. The molecule has 4 rings (SSSR count). The number of benzene rings is 2. The molecule has 142 valence electrons. The van der Waals surface area contributed by atoms with Crippen LogP contribution in [0.3, 0.4) is 0 Å². The van der Waals surface area contributed by atoms with Crippen LogP contribution in [0.4, 0.5) is 4.39 Å². The summed E-state index contributed by atoms with van der Waals surface area (Å²) < 4.78 is 14.7. The number of aromatic nitrogens is 2. The normalized spacial score (nSPS) is 17.3. The summed E-state index contributed by atoms with van der Waals surface area (Å²) in [7, 11) is 0. The molecule has 0 saturated heterocycles. The summed E-state index contributed by atoms with van der Waals surface area (Å²) in [6, 6.07) is 14.6. The minimum atomic E-state index is -0.716. The van der Waals surface area contributed by atoms with Gasteiger partial charge in [0.15, 0.2) is 11.4 Å². The van der Waals surface area contributed by atoms with E-state index >= 15 is 0 Å². The predicted octanol–water partition coefficient (Wildman–Crippen LogP) is 2.89. The molecule has 1 N–H and O–H groups in total. The Morgan fingerprint density at radius 3 is 2.46 bits per heavy atom. The van der Waals surface area contributed by atoms with E-state index in [1.165, 1.54) is 16.8 Å². The number of amides is 1. The van der Waals surface area contributed by atoms with E-state index in [1.807, 2.05) is 37.3 Å². The Balaban J connectivity index is 1.85. The van der Waals surface area contributed by atoms with Gasteiger partial charge in [0.05, 0.1) is 18.3 Å². The van der Waals surface area contributed by atoms with Gasteiger partial charge in [0.25, 0.3) is 5.91 Å². The summed E-state index contributed by atoms with van der Waals surface area (Å²) in [5, 5.41) is 14.4. The van der Waals surface area contributed by atoms with Crippen molar-refractivity contribution in [2.24, 2.45) is 0 Å². The van der Waals surface area contributed by atoms with E-state index in [0.717, 1.165) is 17.3 Å². The molecular formula is C21H18FN3O3. The summed E-state index contributed by atoms with van der Waals surface area (Å²) in [6.45, 7) is 2.15. The van der Waals surface area contributed by atoms with Crippen LogP contribution in [-0.2, 0) is 0 Å². The second kappa shape index (κ2) is 6.92. The van der Waals surface area contributed by atoms with Crippen LogP contribution in [-0.4, -0.2) is 32.2 Å². The lowest BCUT2D eigenvalue weighted by molar-refractivity contribution is 0.0586. The molecule has 1 amide bonds. The number of fused-ring (bicyclic) bond motifs is 1. The van der Waals surface area contributed by atoms with Crippen molar-refractivity contribution in [2.45, 2.75) is 19.0 Å². The molecule has 2 heterocycles. The summed E-state index contributed by atoms with van der Waals surface area (Å²) in [4.78, 5) is 26.7. The van der Waals surface area contributed by atoms with Crippen LogP contribution in [0.25, 0.3) is 0 Å². The zero-order valence-electron chi connectivity index (χ0n) is 15.1. The number of aromatic hydroxyl groups is 1. The first-order valence-electron chi connectivity index (χ1n) is 8.89. The van der Waals surface area contributed by atoms with Gasteiger partial charge in [0.1, 0.15) is 5.82 Å². The molecular weight excluding hydrogens is 361 g/mol. The van der Waals surface area contributed by atoms with Crippen LogP contribution in [0.5, 0.6) is 5.75 Å². The van der Waals surface area contributed by atoms with E-state index in [9.17, 15) is 19.1 Å². The van der Waals surface area contributed by atoms with E-state index in [1.54, 1.807) is 17.0 Å². The maximum atomic E-state index is 13.4. The van der Waals surface area contributed by atoms with Gasteiger partial charge in [-0.15, -0.1) is 0 Å². The summed E-state index contributed by atoms with van der Waals surface area (Å²) in [6.07, 6.45) is 0.985. The highest BCUT2D eigenvalue weighted by atomic mass is 19.1. The Hall–Kier alpha value is -3.48. The van der Waals surface area contributed by atoms with E-state index in [4.69, 9.17) is 0 Å². The van der Waals surface area contributed by atoms with Gasteiger partial charge in [-0.05, 0) is 30.2 Å². The van der Waals surface area contributed by atoms with Gasteiger partial charge in [-0.2, -0.15) is 5.10 Å². The van der Waals surface area contributed by atoms with Crippen LogP contribution in [0.15, 0.2) is 65.6 Å². The Kier molecular flexibility index (Phi) is 4.43. The first-order valence-corrected chi connectivity index (χ1v) is 8.89. The van der Waals surface area contributed by atoms with Crippen molar-refractivity contribution in [2.75, 3.05) is 6.54 Å². The molecule has 28 heavy (non-hydrogen) atoms. The molecule has 0 bridgehead atoms. The summed E-state index contributed by atoms with van der Waals surface area (Å²) in [5.74, 6) is -1.48. The summed E-state index contributed by atoms with van der Waals surface area (Å²) in [5.41, 5.74) is 0.770. The lowest BCUT2D eigenvalue weighted by Gasteiger charge is -2.38. The van der Waals surface area contributed by atoms with Crippen molar-refractivity contribution in [3.8, 4) is 5.75 Å². The number of carbonyl (C=O) groups is 1. The number of nitrogens with zero attached hydrogens (tertiary/aromatic N) is 3. The standard InChI is InChI=1S/C21H18FN3O3/c1-13(14-5-3-2-4-6-14)24-12-17(15-7-9-16(22)10-8-15)25-19(21(24)28)20(27)18(26)11-23-25/h2-11,13,17,27H,12H2,1H3/t13-,17?/m0/s1. The molecule has 0 fully saturated rings. The second-order valence-electron chi connectivity index (χ2n) is 6.76. The molecule has 7 heteroatoms. The average Bonchev–Trinajstić information content (AvgIpc) is 2.72. The minimum Gasteiger partial charge on any atom is -0.502 e. The smallest absolute Gasteiger partial charge is 0.276 e.